The molecule has 6 heteroatoms. The third kappa shape index (κ3) is 3.33. The molecule has 0 atom stereocenters. The van der Waals surface area contributed by atoms with Gasteiger partial charge in [-0.15, -0.1) is 0 Å². The van der Waals surface area contributed by atoms with Crippen molar-refractivity contribution in [1.29, 1.82) is 0 Å². The number of benzene rings is 1. The Labute approximate surface area is 121 Å². The predicted octanol–water partition coefficient (Wildman–Crippen LogP) is 3.12. The van der Waals surface area contributed by atoms with Crippen LogP contribution in [0.4, 0.5) is 11.5 Å². The summed E-state index contributed by atoms with van der Waals surface area (Å²) < 4.78 is 5.25. The molecule has 4 nitrogen and oxygen atoms in total. The van der Waals surface area contributed by atoms with Gasteiger partial charge in [-0.2, -0.15) is 0 Å². The maximum absolute atomic E-state index is 5.97. The van der Waals surface area contributed by atoms with E-state index in [1.165, 1.54) is 0 Å². The smallest absolute Gasteiger partial charge is 0.142 e. The molecule has 3 N–H and O–H groups in total. The van der Waals surface area contributed by atoms with Gasteiger partial charge in [0.05, 0.1) is 18.5 Å². The van der Waals surface area contributed by atoms with Crippen molar-refractivity contribution in [1.82, 2.24) is 4.98 Å². The van der Waals surface area contributed by atoms with Crippen LogP contribution >= 0.6 is 23.8 Å². The first-order valence-electron chi connectivity index (χ1n) is 5.47. The summed E-state index contributed by atoms with van der Waals surface area (Å²) in [5.74, 6) is 1.29. The molecule has 0 radical (unpaired) electrons. The third-order valence-electron chi connectivity index (χ3n) is 2.43. The summed E-state index contributed by atoms with van der Waals surface area (Å²) in [4.78, 5) is 4.55. The fourth-order valence-corrected chi connectivity index (χ4v) is 1.84. The zero-order valence-corrected chi connectivity index (χ0v) is 11.8. The van der Waals surface area contributed by atoms with Gasteiger partial charge in [-0.3, -0.25) is 0 Å². The van der Waals surface area contributed by atoms with Gasteiger partial charge in [0.25, 0.3) is 0 Å². The van der Waals surface area contributed by atoms with Gasteiger partial charge in [-0.25, -0.2) is 4.98 Å². The average Bonchev–Trinajstić information content (AvgIpc) is 2.39. The molecule has 0 saturated carbocycles. The molecular weight excluding hydrogens is 282 g/mol. The van der Waals surface area contributed by atoms with Crippen LogP contribution in [0.2, 0.25) is 5.02 Å². The second kappa shape index (κ2) is 5.86. The van der Waals surface area contributed by atoms with E-state index in [2.05, 4.69) is 10.3 Å². The summed E-state index contributed by atoms with van der Waals surface area (Å²) in [5, 5.41) is 3.73. The number of nitrogens with zero attached hydrogens (tertiary/aromatic N) is 1. The fourth-order valence-electron chi connectivity index (χ4n) is 1.56. The van der Waals surface area contributed by atoms with Crippen molar-refractivity contribution in [2.75, 3.05) is 12.4 Å². The number of ether oxygens (including phenoxy) is 1. The van der Waals surface area contributed by atoms with Gasteiger partial charge in [-0.05, 0) is 30.3 Å². The minimum atomic E-state index is 0.252. The monoisotopic (exact) mass is 293 g/mol. The molecule has 0 amide bonds. The van der Waals surface area contributed by atoms with Gasteiger partial charge in [0.2, 0.25) is 0 Å². The maximum atomic E-state index is 5.97. The van der Waals surface area contributed by atoms with Crippen LogP contribution in [-0.2, 0) is 0 Å². The summed E-state index contributed by atoms with van der Waals surface area (Å²) in [6.07, 6.45) is 0. The van der Waals surface area contributed by atoms with Gasteiger partial charge in [0.1, 0.15) is 16.6 Å². The lowest BCUT2D eigenvalue weighted by Gasteiger charge is -2.11. The number of nitrogens with two attached hydrogens (primary N) is 1. The predicted molar refractivity (Wildman–Crippen MR) is 81.4 cm³/mol. The lowest BCUT2D eigenvalue weighted by Crippen LogP contribution is -2.12. The Morgan fingerprint density at radius 1 is 1.37 bits per heavy atom. The summed E-state index contributed by atoms with van der Waals surface area (Å²) in [6, 6.07) is 10.7. The van der Waals surface area contributed by atoms with Gasteiger partial charge >= 0.3 is 0 Å². The van der Waals surface area contributed by atoms with E-state index in [1.807, 2.05) is 12.1 Å². The largest absolute Gasteiger partial charge is 0.495 e. The Morgan fingerprint density at radius 3 is 2.84 bits per heavy atom. The normalized spacial score (nSPS) is 10.0. The maximum Gasteiger partial charge on any atom is 0.142 e. The van der Waals surface area contributed by atoms with E-state index in [0.29, 0.717) is 22.3 Å². The highest BCUT2D eigenvalue weighted by atomic mass is 35.5. The van der Waals surface area contributed by atoms with E-state index in [1.54, 1.807) is 31.4 Å². The lowest BCUT2D eigenvalue weighted by molar-refractivity contribution is 0.417. The van der Waals surface area contributed by atoms with E-state index in [9.17, 15) is 0 Å². The molecule has 0 bridgehead atoms. The fraction of sp³-hybridized carbons (Fsp3) is 0.0769. The summed E-state index contributed by atoms with van der Waals surface area (Å²) >= 11 is 10.9. The number of hydrogen-bond donors (Lipinski definition) is 2. The first kappa shape index (κ1) is 13.6. The van der Waals surface area contributed by atoms with Gasteiger partial charge in [-0.1, -0.05) is 29.9 Å². The Kier molecular flexibility index (Phi) is 4.19. The van der Waals surface area contributed by atoms with Crippen molar-refractivity contribution in [3.8, 4) is 5.75 Å². The summed E-state index contributed by atoms with van der Waals surface area (Å²) in [5.41, 5.74) is 6.83. The van der Waals surface area contributed by atoms with Crippen LogP contribution in [0.25, 0.3) is 0 Å². The molecule has 0 fully saturated rings. The Hall–Kier alpha value is -1.85. The number of methoxy groups -OCH3 is 1. The van der Waals surface area contributed by atoms with Crippen molar-refractivity contribution >= 4 is 40.3 Å². The van der Waals surface area contributed by atoms with E-state index in [4.69, 9.17) is 34.3 Å². The molecule has 1 heterocycles. The van der Waals surface area contributed by atoms with Crippen molar-refractivity contribution in [3.63, 3.8) is 0 Å². The minimum Gasteiger partial charge on any atom is -0.495 e. The summed E-state index contributed by atoms with van der Waals surface area (Å²) in [7, 11) is 1.59. The second-order valence-corrected chi connectivity index (χ2v) is 4.62. The summed E-state index contributed by atoms with van der Waals surface area (Å²) in [6.45, 7) is 0. The lowest BCUT2D eigenvalue weighted by atomic mass is 10.3. The van der Waals surface area contributed by atoms with E-state index >= 15 is 0 Å². The molecule has 1 aromatic carbocycles. The molecule has 2 aromatic rings. The van der Waals surface area contributed by atoms with Gasteiger partial charge < -0.3 is 15.8 Å². The SMILES string of the molecule is COc1ccc(Cl)cc1Nc1cccc(C(N)=S)n1. The molecule has 98 valence electrons. The van der Waals surface area contributed by atoms with Gasteiger partial charge in [0, 0.05) is 5.02 Å². The van der Waals surface area contributed by atoms with Crippen molar-refractivity contribution in [3.05, 3.63) is 47.1 Å². The number of thiocarbonyl (C=S) groups is 1. The van der Waals surface area contributed by atoms with E-state index < -0.39 is 0 Å². The zero-order chi connectivity index (χ0) is 13.8. The number of hydrogen-bond acceptors (Lipinski definition) is 4. The van der Waals surface area contributed by atoms with Crippen LogP contribution in [0.1, 0.15) is 5.69 Å². The molecule has 0 unspecified atom stereocenters. The first-order valence-corrected chi connectivity index (χ1v) is 6.26. The molecule has 0 saturated heterocycles. The third-order valence-corrected chi connectivity index (χ3v) is 2.87. The highest BCUT2D eigenvalue weighted by molar-refractivity contribution is 7.80. The molecule has 0 spiro atoms. The van der Waals surface area contributed by atoms with Crippen LogP contribution in [0, 0.1) is 0 Å². The Bertz CT molecular complexity index is 619. The molecular formula is C13H12ClN3OS. The number of halogens is 1. The van der Waals surface area contributed by atoms with Crippen molar-refractivity contribution in [2.45, 2.75) is 0 Å². The molecule has 2 rings (SSSR count). The van der Waals surface area contributed by atoms with Crippen LogP contribution in [0.15, 0.2) is 36.4 Å². The highest BCUT2D eigenvalue weighted by Gasteiger charge is 2.06. The Balaban J connectivity index is 2.33. The highest BCUT2D eigenvalue weighted by Crippen LogP contribution is 2.29. The molecule has 0 aliphatic carbocycles. The first-order chi connectivity index (χ1) is 9.10. The van der Waals surface area contributed by atoms with Crippen LogP contribution in [-0.4, -0.2) is 17.1 Å². The van der Waals surface area contributed by atoms with Crippen LogP contribution < -0.4 is 15.8 Å². The standard InChI is InChI=1S/C13H12ClN3OS/c1-18-11-6-5-8(14)7-10(11)17-12-4-2-3-9(16-12)13(15)19/h2-7H,1H3,(H2,15,19)(H,16,17). The number of aromatic nitrogens is 1. The molecule has 19 heavy (non-hydrogen) atoms. The number of anilines is 2. The number of rotatable bonds is 4. The minimum absolute atomic E-state index is 0.252. The van der Waals surface area contributed by atoms with Crippen LogP contribution in [0.5, 0.6) is 5.75 Å². The number of pyridine rings is 1. The van der Waals surface area contributed by atoms with Gasteiger partial charge in [0.15, 0.2) is 0 Å². The average molecular weight is 294 g/mol. The quantitative estimate of drug-likeness (QED) is 0.848. The molecule has 0 aliphatic rings. The Morgan fingerprint density at radius 2 is 2.16 bits per heavy atom. The van der Waals surface area contributed by atoms with E-state index in [-0.39, 0.29) is 4.99 Å². The molecule has 1 aromatic heterocycles. The number of nitrogens with one attached hydrogen (secondary N) is 1. The van der Waals surface area contributed by atoms with Crippen molar-refractivity contribution < 1.29 is 4.74 Å². The molecule has 0 aliphatic heterocycles. The van der Waals surface area contributed by atoms with Crippen LogP contribution in [0.3, 0.4) is 0 Å². The second-order valence-electron chi connectivity index (χ2n) is 3.74. The topological polar surface area (TPSA) is 60.2 Å². The van der Waals surface area contributed by atoms with Crippen molar-refractivity contribution in [2.24, 2.45) is 5.73 Å². The van der Waals surface area contributed by atoms with E-state index in [0.717, 1.165) is 5.69 Å². The zero-order valence-electron chi connectivity index (χ0n) is 10.2.